The number of benzene rings is 2. The molecule has 4 nitrogen and oxygen atoms in total. The van der Waals surface area contributed by atoms with E-state index in [0.717, 1.165) is 22.4 Å². The number of ether oxygens (including phenoxy) is 1. The standard InChI is InChI=1S/C22H20Br3NO3S.CH2Cl2/c1-29-22(27)10-7-14-18-13-9-12(19(24)20(13)25)17(18)11-5-3-4-6-16(11)30(2,28)26-21(14)15(23)8-10;2-1-3/h3-8,12-13,17-20H,9H2,1-2H3;1H2/t12-,13+,17+,18+,19-,20-,30-;/m0./s1. The van der Waals surface area contributed by atoms with Crippen molar-refractivity contribution >= 4 is 92.4 Å². The molecule has 0 amide bonds. The van der Waals surface area contributed by atoms with Gasteiger partial charge in [-0.3, -0.25) is 0 Å². The highest BCUT2D eigenvalue weighted by molar-refractivity contribution is 9.12. The van der Waals surface area contributed by atoms with Crippen molar-refractivity contribution in [3.8, 4) is 0 Å². The molecule has 0 spiro atoms. The summed E-state index contributed by atoms with van der Waals surface area (Å²) in [5.41, 5.74) is 3.28. The third-order valence-corrected chi connectivity index (χ3v) is 12.3. The fraction of sp³-hybridized carbons (Fsp3) is 0.435. The van der Waals surface area contributed by atoms with Crippen LogP contribution in [-0.2, 0) is 14.5 Å². The topological polar surface area (TPSA) is 55.7 Å². The molecule has 1 aliphatic heterocycles. The number of halogens is 5. The highest BCUT2D eigenvalue weighted by atomic mass is 79.9. The van der Waals surface area contributed by atoms with Gasteiger partial charge in [-0.25, -0.2) is 9.00 Å². The van der Waals surface area contributed by atoms with E-state index in [1.807, 2.05) is 24.3 Å². The molecule has 3 aliphatic rings. The molecule has 0 radical (unpaired) electrons. The maximum absolute atomic E-state index is 13.8. The van der Waals surface area contributed by atoms with Crippen LogP contribution in [0.4, 0.5) is 5.69 Å². The number of hydrogen-bond donors (Lipinski definition) is 0. The summed E-state index contributed by atoms with van der Waals surface area (Å²) in [5.74, 6) is 0.791. The van der Waals surface area contributed by atoms with Gasteiger partial charge in [0.15, 0.2) is 0 Å². The van der Waals surface area contributed by atoms with E-state index >= 15 is 0 Å². The van der Waals surface area contributed by atoms with E-state index in [-0.39, 0.29) is 23.1 Å². The molecule has 10 heteroatoms. The summed E-state index contributed by atoms with van der Waals surface area (Å²) in [7, 11) is -1.28. The Morgan fingerprint density at radius 3 is 2.30 bits per heavy atom. The van der Waals surface area contributed by atoms with Crippen LogP contribution in [0.1, 0.15) is 39.7 Å². The van der Waals surface area contributed by atoms with E-state index in [9.17, 15) is 9.00 Å². The fourth-order valence-electron chi connectivity index (χ4n) is 5.65. The van der Waals surface area contributed by atoms with Gasteiger partial charge >= 0.3 is 5.97 Å². The summed E-state index contributed by atoms with van der Waals surface area (Å²) in [6.07, 6.45) is 2.78. The zero-order valence-corrected chi connectivity index (χ0v) is 24.9. The van der Waals surface area contributed by atoms with E-state index in [1.54, 1.807) is 12.3 Å². The molecule has 2 aromatic carbocycles. The first-order valence-corrected chi connectivity index (χ1v) is 15.9. The number of alkyl halides is 4. The number of nitrogens with zero attached hydrogens (tertiary/aromatic N) is 1. The van der Waals surface area contributed by atoms with Crippen LogP contribution in [0.5, 0.6) is 0 Å². The Labute approximate surface area is 229 Å². The van der Waals surface area contributed by atoms with Crippen LogP contribution in [-0.4, -0.2) is 38.5 Å². The van der Waals surface area contributed by atoms with E-state index < -0.39 is 9.73 Å². The molecule has 178 valence electrons. The lowest BCUT2D eigenvalue weighted by atomic mass is 9.71. The Hall–Kier alpha value is -0.120. The van der Waals surface area contributed by atoms with Gasteiger partial charge in [-0.1, -0.05) is 50.1 Å². The molecule has 2 bridgehead atoms. The first-order chi connectivity index (χ1) is 15.7. The number of esters is 1. The molecule has 0 unspecified atom stereocenters. The monoisotopic (exact) mass is 699 g/mol. The Morgan fingerprint density at radius 1 is 1.12 bits per heavy atom. The molecule has 0 N–H and O–H groups in total. The SMILES string of the molecule is COC(=O)c1cc(Br)c2c(c1)[C@H]1[C@H]3C[C@H]([C@H](Br)[C@H]3Br)[C@H]1c1ccccc1[S@](C)(=O)=N2.ClCCl. The average molecular weight is 703 g/mol. The second-order valence-corrected chi connectivity index (χ2v) is 14.4. The molecule has 2 aromatic rings. The molecule has 7 atom stereocenters. The minimum atomic E-state index is -2.66. The maximum atomic E-state index is 13.8. The third kappa shape index (κ3) is 4.46. The molecular formula is C23H22Br3Cl2NO3S. The highest BCUT2D eigenvalue weighted by Crippen LogP contribution is 2.66. The largest absolute Gasteiger partial charge is 0.465 e. The number of rotatable bonds is 1. The minimum absolute atomic E-state index is 0.171. The maximum Gasteiger partial charge on any atom is 0.337 e. The minimum Gasteiger partial charge on any atom is -0.465 e. The molecule has 0 saturated heterocycles. The fourth-order valence-corrected chi connectivity index (χ4v) is 9.83. The van der Waals surface area contributed by atoms with Crippen LogP contribution in [0.25, 0.3) is 0 Å². The number of carbonyl (C=O) groups excluding carboxylic acids is 1. The molecule has 1 heterocycles. The van der Waals surface area contributed by atoms with Crippen molar-refractivity contribution in [2.75, 3.05) is 18.7 Å². The molecule has 2 fully saturated rings. The third-order valence-electron chi connectivity index (χ3n) is 6.80. The Morgan fingerprint density at radius 2 is 1.70 bits per heavy atom. The van der Waals surface area contributed by atoms with Crippen molar-refractivity contribution in [3.63, 3.8) is 0 Å². The normalized spacial score (nSPS) is 33.3. The van der Waals surface area contributed by atoms with Gasteiger partial charge in [0.1, 0.15) is 0 Å². The van der Waals surface area contributed by atoms with Crippen molar-refractivity contribution in [2.45, 2.75) is 32.8 Å². The van der Waals surface area contributed by atoms with Gasteiger partial charge in [-0.05, 0) is 75.3 Å². The molecular weight excluding hydrogens is 681 g/mol. The zero-order chi connectivity index (χ0) is 24.1. The van der Waals surface area contributed by atoms with Crippen molar-refractivity contribution < 1.29 is 13.7 Å². The Kier molecular flexibility index (Phi) is 7.94. The van der Waals surface area contributed by atoms with E-state index in [2.05, 4.69) is 53.9 Å². The van der Waals surface area contributed by atoms with Gasteiger partial charge in [0.25, 0.3) is 0 Å². The van der Waals surface area contributed by atoms with E-state index in [0.29, 0.717) is 37.2 Å². The van der Waals surface area contributed by atoms with Crippen LogP contribution >= 0.6 is 71.0 Å². The molecule has 33 heavy (non-hydrogen) atoms. The lowest BCUT2D eigenvalue weighted by Crippen LogP contribution is -2.34. The van der Waals surface area contributed by atoms with E-state index in [4.69, 9.17) is 32.3 Å². The molecule has 2 aliphatic carbocycles. The number of methoxy groups -OCH3 is 1. The summed E-state index contributed by atoms with van der Waals surface area (Å²) < 4.78 is 24.3. The van der Waals surface area contributed by atoms with Crippen molar-refractivity contribution in [3.05, 3.63) is 57.6 Å². The highest BCUT2D eigenvalue weighted by Gasteiger charge is 2.58. The summed E-state index contributed by atoms with van der Waals surface area (Å²) in [5, 5.41) is 0.194. The lowest BCUT2D eigenvalue weighted by Gasteiger charge is -2.40. The predicted molar refractivity (Wildman–Crippen MR) is 145 cm³/mol. The van der Waals surface area contributed by atoms with Gasteiger partial charge in [0.05, 0.1) is 38.3 Å². The first kappa shape index (κ1) is 26.0. The van der Waals surface area contributed by atoms with E-state index in [1.165, 1.54) is 7.11 Å². The van der Waals surface area contributed by atoms with Crippen LogP contribution in [0, 0.1) is 11.8 Å². The first-order valence-electron chi connectivity index (χ1n) is 10.3. The number of fused-ring (bicyclic) bond motifs is 9. The number of hydrogen-bond acceptors (Lipinski definition) is 4. The predicted octanol–water partition coefficient (Wildman–Crippen LogP) is 7.80. The van der Waals surface area contributed by atoms with Crippen LogP contribution < -0.4 is 0 Å². The Bertz CT molecular complexity index is 1220. The van der Waals surface area contributed by atoms with Crippen LogP contribution in [0.3, 0.4) is 0 Å². The van der Waals surface area contributed by atoms with Crippen LogP contribution in [0.2, 0.25) is 0 Å². The second-order valence-electron chi connectivity index (χ2n) is 8.42. The molecule has 5 rings (SSSR count). The average Bonchev–Trinajstić information content (AvgIpc) is 3.30. The summed E-state index contributed by atoms with van der Waals surface area (Å²) in [6, 6.07) is 11.7. The number of carbonyl (C=O) groups is 1. The summed E-state index contributed by atoms with van der Waals surface area (Å²) >= 11 is 21.0. The lowest BCUT2D eigenvalue weighted by molar-refractivity contribution is 0.0600. The van der Waals surface area contributed by atoms with Crippen molar-refractivity contribution in [1.82, 2.24) is 0 Å². The van der Waals surface area contributed by atoms with Crippen molar-refractivity contribution in [1.29, 1.82) is 0 Å². The van der Waals surface area contributed by atoms with Gasteiger partial charge in [-0.15, -0.1) is 23.2 Å². The zero-order valence-electron chi connectivity index (χ0n) is 17.8. The molecule has 0 aromatic heterocycles. The molecule has 2 saturated carbocycles. The van der Waals surface area contributed by atoms with Crippen LogP contribution in [0.15, 0.2) is 50.1 Å². The van der Waals surface area contributed by atoms with Gasteiger partial charge in [0, 0.05) is 20.4 Å². The summed E-state index contributed by atoms with van der Waals surface area (Å²) in [6.45, 7) is 0. The Balaban J connectivity index is 0.000000821. The van der Waals surface area contributed by atoms with Gasteiger partial charge < -0.3 is 4.74 Å². The second kappa shape index (κ2) is 10.1. The van der Waals surface area contributed by atoms with Crippen molar-refractivity contribution in [2.24, 2.45) is 16.2 Å². The van der Waals surface area contributed by atoms with Gasteiger partial charge in [0.2, 0.25) is 0 Å². The smallest absolute Gasteiger partial charge is 0.337 e. The quantitative estimate of drug-likeness (QED) is 0.225. The summed E-state index contributed by atoms with van der Waals surface area (Å²) in [4.78, 5) is 13.9. The van der Waals surface area contributed by atoms with Gasteiger partial charge in [-0.2, -0.15) is 4.36 Å².